The van der Waals surface area contributed by atoms with Crippen LogP contribution in [-0.4, -0.2) is 15.3 Å². The van der Waals surface area contributed by atoms with E-state index in [9.17, 15) is 4.79 Å². The first-order valence-electron chi connectivity index (χ1n) is 7.63. The highest BCUT2D eigenvalue weighted by molar-refractivity contribution is 6.30. The quantitative estimate of drug-likeness (QED) is 0.774. The Kier molecular flexibility index (Phi) is 4.63. The molecule has 1 aromatic carbocycles. The molecule has 4 nitrogen and oxygen atoms in total. The third kappa shape index (κ3) is 3.54. The van der Waals surface area contributed by atoms with Crippen molar-refractivity contribution in [3.05, 3.63) is 71.1 Å². The van der Waals surface area contributed by atoms with Gasteiger partial charge in [-0.15, -0.1) is 0 Å². The van der Waals surface area contributed by atoms with E-state index < -0.39 is 0 Å². The number of benzene rings is 1. The maximum Gasteiger partial charge on any atom is 0.227 e. The van der Waals surface area contributed by atoms with Crippen molar-refractivity contribution in [3.63, 3.8) is 0 Å². The Morgan fingerprint density at radius 1 is 1.22 bits per heavy atom. The predicted molar refractivity (Wildman–Crippen MR) is 91.5 cm³/mol. The Morgan fingerprint density at radius 2 is 2.00 bits per heavy atom. The van der Waals surface area contributed by atoms with Gasteiger partial charge in [-0.1, -0.05) is 48.9 Å². The summed E-state index contributed by atoms with van der Waals surface area (Å²) < 4.78 is 1.86. The fourth-order valence-corrected chi connectivity index (χ4v) is 2.83. The molecule has 0 bridgehead atoms. The van der Waals surface area contributed by atoms with Crippen molar-refractivity contribution in [1.29, 1.82) is 0 Å². The van der Waals surface area contributed by atoms with Gasteiger partial charge in [0.05, 0.1) is 23.2 Å². The molecule has 0 aliphatic carbocycles. The zero-order valence-electron chi connectivity index (χ0n) is 12.9. The summed E-state index contributed by atoms with van der Waals surface area (Å²) >= 11 is 5.97. The minimum atomic E-state index is -0.136. The molecule has 118 valence electrons. The molecule has 1 N–H and O–H groups in total. The maximum absolute atomic E-state index is 12.5. The molecule has 0 saturated heterocycles. The topological polar surface area (TPSA) is 46.4 Å². The van der Waals surface area contributed by atoms with Crippen LogP contribution in [0.25, 0.3) is 5.65 Å². The number of rotatable bonds is 5. The molecule has 23 heavy (non-hydrogen) atoms. The van der Waals surface area contributed by atoms with E-state index in [2.05, 4.69) is 10.3 Å². The van der Waals surface area contributed by atoms with Crippen LogP contribution in [0.2, 0.25) is 5.02 Å². The van der Waals surface area contributed by atoms with Crippen LogP contribution in [0, 0.1) is 0 Å². The lowest BCUT2D eigenvalue weighted by atomic mass is 9.96. The highest BCUT2D eigenvalue weighted by Crippen LogP contribution is 2.19. The number of halogens is 1. The molecule has 2 aromatic heterocycles. The van der Waals surface area contributed by atoms with Crippen LogP contribution in [0.5, 0.6) is 0 Å². The zero-order chi connectivity index (χ0) is 16.2. The number of aromatic nitrogens is 2. The van der Waals surface area contributed by atoms with Gasteiger partial charge in [0.1, 0.15) is 5.65 Å². The first-order chi connectivity index (χ1) is 11.2. The summed E-state index contributed by atoms with van der Waals surface area (Å²) in [6.45, 7) is 2.42. The average molecular weight is 328 g/mol. The van der Waals surface area contributed by atoms with E-state index in [1.54, 1.807) is 12.3 Å². The first-order valence-corrected chi connectivity index (χ1v) is 8.01. The number of hydrogen-bond acceptors (Lipinski definition) is 2. The lowest BCUT2D eigenvalue weighted by Gasteiger charge is -2.14. The number of imidazole rings is 1. The van der Waals surface area contributed by atoms with E-state index in [4.69, 9.17) is 11.6 Å². The number of amides is 1. The van der Waals surface area contributed by atoms with Crippen LogP contribution >= 0.6 is 11.6 Å². The van der Waals surface area contributed by atoms with Gasteiger partial charge >= 0.3 is 0 Å². The van der Waals surface area contributed by atoms with Crippen molar-refractivity contribution in [2.75, 3.05) is 0 Å². The minimum Gasteiger partial charge on any atom is -0.350 e. The monoisotopic (exact) mass is 327 g/mol. The number of nitrogens with one attached hydrogen (secondary N) is 1. The largest absolute Gasteiger partial charge is 0.350 e. The molecule has 1 atom stereocenters. The van der Waals surface area contributed by atoms with Crippen molar-refractivity contribution in [2.45, 2.75) is 25.8 Å². The SMILES string of the molecule is CCC(C(=O)NCc1cn2cc(Cl)ccc2n1)c1ccccc1. The molecular formula is C18H18ClN3O. The molecule has 1 amide bonds. The second-order valence-electron chi connectivity index (χ2n) is 5.43. The number of carbonyl (C=O) groups excluding carboxylic acids is 1. The molecule has 0 radical (unpaired) electrons. The third-order valence-electron chi connectivity index (χ3n) is 3.84. The predicted octanol–water partition coefficient (Wildman–Crippen LogP) is 3.80. The van der Waals surface area contributed by atoms with Gasteiger partial charge in [0, 0.05) is 12.4 Å². The number of fused-ring (bicyclic) bond motifs is 1. The molecule has 0 fully saturated rings. The van der Waals surface area contributed by atoms with Gasteiger partial charge in [0.25, 0.3) is 0 Å². The second-order valence-corrected chi connectivity index (χ2v) is 5.87. The Hall–Kier alpha value is -2.33. The van der Waals surface area contributed by atoms with Gasteiger partial charge in [-0.05, 0) is 24.1 Å². The lowest BCUT2D eigenvalue weighted by Crippen LogP contribution is -2.28. The summed E-state index contributed by atoms with van der Waals surface area (Å²) in [4.78, 5) is 16.9. The van der Waals surface area contributed by atoms with Gasteiger partial charge < -0.3 is 9.72 Å². The number of pyridine rings is 1. The van der Waals surface area contributed by atoms with Crippen molar-refractivity contribution in [2.24, 2.45) is 0 Å². The second kappa shape index (κ2) is 6.84. The maximum atomic E-state index is 12.5. The van der Waals surface area contributed by atoms with Crippen molar-refractivity contribution in [3.8, 4) is 0 Å². The van der Waals surface area contributed by atoms with Gasteiger partial charge in [0.15, 0.2) is 0 Å². The Labute approximate surface area is 140 Å². The zero-order valence-corrected chi connectivity index (χ0v) is 13.6. The molecular weight excluding hydrogens is 310 g/mol. The van der Waals surface area contributed by atoms with E-state index in [-0.39, 0.29) is 11.8 Å². The smallest absolute Gasteiger partial charge is 0.227 e. The minimum absolute atomic E-state index is 0.0220. The summed E-state index contributed by atoms with van der Waals surface area (Å²) in [5.74, 6) is -0.114. The summed E-state index contributed by atoms with van der Waals surface area (Å²) in [5.41, 5.74) is 2.66. The number of carbonyl (C=O) groups is 1. The molecule has 0 spiro atoms. The van der Waals surface area contributed by atoms with Gasteiger partial charge in [-0.3, -0.25) is 4.79 Å². The highest BCUT2D eigenvalue weighted by atomic mass is 35.5. The fraction of sp³-hybridized carbons (Fsp3) is 0.222. The van der Waals surface area contributed by atoms with Crippen LogP contribution in [0.1, 0.15) is 30.5 Å². The lowest BCUT2D eigenvalue weighted by molar-refractivity contribution is -0.122. The van der Waals surface area contributed by atoms with E-state index in [1.807, 2.05) is 53.9 Å². The number of nitrogens with zero attached hydrogens (tertiary/aromatic N) is 2. The average Bonchev–Trinajstić information content (AvgIpc) is 2.96. The summed E-state index contributed by atoms with van der Waals surface area (Å²) in [5, 5.41) is 3.63. The van der Waals surface area contributed by atoms with E-state index in [0.29, 0.717) is 11.6 Å². The Balaban J connectivity index is 1.69. The Morgan fingerprint density at radius 3 is 2.74 bits per heavy atom. The first kappa shape index (κ1) is 15.6. The van der Waals surface area contributed by atoms with Crippen molar-refractivity contribution in [1.82, 2.24) is 14.7 Å². The van der Waals surface area contributed by atoms with Crippen LogP contribution in [0.3, 0.4) is 0 Å². The summed E-state index contributed by atoms with van der Waals surface area (Å²) in [6.07, 6.45) is 4.44. The normalized spacial score (nSPS) is 12.3. The van der Waals surface area contributed by atoms with Crippen molar-refractivity contribution >= 4 is 23.2 Å². The summed E-state index contributed by atoms with van der Waals surface area (Å²) in [7, 11) is 0. The molecule has 1 unspecified atom stereocenters. The molecule has 0 aliphatic rings. The summed E-state index contributed by atoms with van der Waals surface area (Å²) in [6, 6.07) is 13.5. The molecule has 3 rings (SSSR count). The standard InChI is InChI=1S/C18H18ClN3O/c1-2-16(13-6-4-3-5-7-13)18(23)20-10-15-12-22-11-14(19)8-9-17(22)21-15/h3-9,11-12,16H,2,10H2,1H3,(H,20,23). The molecule has 2 heterocycles. The van der Waals surface area contributed by atoms with Gasteiger partial charge in [-0.25, -0.2) is 4.98 Å². The van der Waals surface area contributed by atoms with Crippen LogP contribution < -0.4 is 5.32 Å². The molecule has 0 saturated carbocycles. The number of hydrogen-bond donors (Lipinski definition) is 1. The van der Waals surface area contributed by atoms with Crippen LogP contribution in [-0.2, 0) is 11.3 Å². The van der Waals surface area contributed by atoms with Crippen LogP contribution in [0.15, 0.2) is 54.9 Å². The molecule has 3 aromatic rings. The fourth-order valence-electron chi connectivity index (χ4n) is 2.66. The van der Waals surface area contributed by atoms with Gasteiger partial charge in [0.2, 0.25) is 5.91 Å². The van der Waals surface area contributed by atoms with Crippen molar-refractivity contribution < 1.29 is 4.79 Å². The van der Waals surface area contributed by atoms with E-state index in [1.165, 1.54) is 0 Å². The molecule has 5 heteroatoms. The molecule has 0 aliphatic heterocycles. The van der Waals surface area contributed by atoms with E-state index in [0.717, 1.165) is 23.3 Å². The van der Waals surface area contributed by atoms with Gasteiger partial charge in [-0.2, -0.15) is 0 Å². The van der Waals surface area contributed by atoms with E-state index >= 15 is 0 Å². The Bertz CT molecular complexity index is 814. The highest BCUT2D eigenvalue weighted by Gasteiger charge is 2.18. The third-order valence-corrected chi connectivity index (χ3v) is 4.06. The van der Waals surface area contributed by atoms with Crippen LogP contribution in [0.4, 0.5) is 0 Å².